The lowest BCUT2D eigenvalue weighted by Crippen LogP contribution is -2.22. The molecule has 1 unspecified atom stereocenters. The molecule has 1 aromatic heterocycles. The minimum absolute atomic E-state index is 0.235. The molecule has 0 saturated carbocycles. The van der Waals surface area contributed by atoms with Crippen LogP contribution in [0.1, 0.15) is 18.2 Å². The average Bonchev–Trinajstić information content (AvgIpc) is 2.45. The highest BCUT2D eigenvalue weighted by Gasteiger charge is 2.03. The van der Waals surface area contributed by atoms with Crippen LogP contribution in [0.3, 0.4) is 0 Å². The maximum absolute atomic E-state index is 8.83. The van der Waals surface area contributed by atoms with E-state index >= 15 is 0 Å². The minimum Gasteiger partial charge on any atom is -0.396 e. The summed E-state index contributed by atoms with van der Waals surface area (Å²) in [5.74, 6) is 0.312. The third kappa shape index (κ3) is 3.12. The van der Waals surface area contributed by atoms with Crippen LogP contribution in [0.15, 0.2) is 6.20 Å². The molecule has 0 aliphatic rings. The van der Waals surface area contributed by atoms with Crippen molar-refractivity contribution in [1.29, 1.82) is 0 Å². The van der Waals surface area contributed by atoms with Crippen LogP contribution in [-0.4, -0.2) is 28.0 Å². The predicted molar refractivity (Wildman–Crippen MR) is 55.9 cm³/mol. The van der Waals surface area contributed by atoms with E-state index in [-0.39, 0.29) is 6.61 Å². The van der Waals surface area contributed by atoms with Gasteiger partial charge in [-0.2, -0.15) is 5.10 Å². The van der Waals surface area contributed by atoms with Crippen LogP contribution in [0, 0.1) is 12.8 Å². The summed E-state index contributed by atoms with van der Waals surface area (Å²) < 4.78 is 1.82. The first kappa shape index (κ1) is 11.2. The van der Waals surface area contributed by atoms with Crippen molar-refractivity contribution < 1.29 is 5.11 Å². The number of rotatable bonds is 5. The zero-order chi connectivity index (χ0) is 10.6. The molecule has 0 amide bonds. The summed E-state index contributed by atoms with van der Waals surface area (Å²) in [6.07, 6.45) is 2.02. The normalized spacial score (nSPS) is 13.1. The van der Waals surface area contributed by atoms with Gasteiger partial charge in [0.2, 0.25) is 0 Å². The van der Waals surface area contributed by atoms with Gasteiger partial charge in [0.15, 0.2) is 0 Å². The fourth-order valence-corrected chi connectivity index (χ4v) is 1.34. The van der Waals surface area contributed by atoms with E-state index in [1.807, 2.05) is 31.8 Å². The molecule has 0 aliphatic carbocycles. The van der Waals surface area contributed by atoms with Crippen molar-refractivity contribution in [2.45, 2.75) is 20.4 Å². The van der Waals surface area contributed by atoms with Crippen molar-refractivity contribution in [1.82, 2.24) is 15.1 Å². The summed E-state index contributed by atoms with van der Waals surface area (Å²) in [6, 6.07) is 0. The van der Waals surface area contributed by atoms with Gasteiger partial charge in [0, 0.05) is 38.5 Å². The molecule has 1 aromatic rings. The Bertz CT molecular complexity index is 283. The maximum atomic E-state index is 8.83. The van der Waals surface area contributed by atoms with Gasteiger partial charge in [-0.05, 0) is 12.8 Å². The van der Waals surface area contributed by atoms with E-state index in [4.69, 9.17) is 5.11 Å². The molecule has 1 heterocycles. The van der Waals surface area contributed by atoms with Crippen LogP contribution in [-0.2, 0) is 13.6 Å². The van der Waals surface area contributed by atoms with E-state index in [9.17, 15) is 0 Å². The molecule has 4 nitrogen and oxygen atoms in total. The third-order valence-corrected chi connectivity index (χ3v) is 2.24. The van der Waals surface area contributed by atoms with Crippen LogP contribution in [0.2, 0.25) is 0 Å². The van der Waals surface area contributed by atoms with Crippen molar-refractivity contribution in [2.24, 2.45) is 13.0 Å². The SMILES string of the molecule is Cc1nn(C)cc1CNCC(C)CO. The van der Waals surface area contributed by atoms with Crippen LogP contribution in [0.25, 0.3) is 0 Å². The number of hydrogen-bond acceptors (Lipinski definition) is 3. The number of nitrogens with one attached hydrogen (secondary N) is 1. The molecule has 0 spiro atoms. The number of hydrogen-bond donors (Lipinski definition) is 2. The minimum atomic E-state index is 0.235. The van der Waals surface area contributed by atoms with Crippen LogP contribution < -0.4 is 5.32 Å². The summed E-state index contributed by atoms with van der Waals surface area (Å²) in [5, 5.41) is 16.4. The van der Waals surface area contributed by atoms with E-state index in [2.05, 4.69) is 10.4 Å². The zero-order valence-electron chi connectivity index (χ0n) is 9.12. The number of aromatic nitrogens is 2. The standard InChI is InChI=1S/C10H19N3O/c1-8(7-14)4-11-5-10-6-13(3)12-9(10)2/h6,8,11,14H,4-5,7H2,1-3H3. The lowest BCUT2D eigenvalue weighted by molar-refractivity contribution is 0.233. The molecule has 0 saturated heterocycles. The first-order valence-electron chi connectivity index (χ1n) is 4.94. The maximum Gasteiger partial charge on any atom is 0.0638 e. The second kappa shape index (κ2) is 5.12. The first-order chi connectivity index (χ1) is 6.63. The molecule has 4 heteroatoms. The fraction of sp³-hybridized carbons (Fsp3) is 0.700. The first-order valence-corrected chi connectivity index (χ1v) is 4.94. The molecule has 1 atom stereocenters. The number of aliphatic hydroxyl groups excluding tert-OH is 1. The van der Waals surface area contributed by atoms with Crippen molar-refractivity contribution in [3.05, 3.63) is 17.5 Å². The summed E-state index contributed by atoms with van der Waals surface area (Å²) in [5.41, 5.74) is 2.29. The molecule has 0 fully saturated rings. The molecule has 1 rings (SSSR count). The topological polar surface area (TPSA) is 50.1 Å². The van der Waals surface area contributed by atoms with Crippen LogP contribution in [0.5, 0.6) is 0 Å². The summed E-state index contributed by atoms with van der Waals surface area (Å²) in [6.45, 7) is 5.92. The molecular formula is C10H19N3O. The Kier molecular flexibility index (Phi) is 4.10. The van der Waals surface area contributed by atoms with Crippen molar-refractivity contribution in [3.8, 4) is 0 Å². The lowest BCUT2D eigenvalue weighted by Gasteiger charge is -2.08. The van der Waals surface area contributed by atoms with Gasteiger partial charge in [-0.25, -0.2) is 0 Å². The van der Waals surface area contributed by atoms with Crippen molar-refractivity contribution >= 4 is 0 Å². The van der Waals surface area contributed by atoms with E-state index in [1.165, 1.54) is 5.56 Å². The van der Waals surface area contributed by atoms with Gasteiger partial charge in [-0.15, -0.1) is 0 Å². The average molecular weight is 197 g/mol. The highest BCUT2D eigenvalue weighted by atomic mass is 16.3. The number of aliphatic hydroxyl groups is 1. The molecule has 80 valence electrons. The quantitative estimate of drug-likeness (QED) is 0.720. The van der Waals surface area contributed by atoms with E-state index in [0.717, 1.165) is 18.8 Å². The summed E-state index contributed by atoms with van der Waals surface area (Å²) >= 11 is 0. The lowest BCUT2D eigenvalue weighted by atomic mass is 10.2. The van der Waals surface area contributed by atoms with Gasteiger partial charge < -0.3 is 10.4 Å². The highest BCUT2D eigenvalue weighted by Crippen LogP contribution is 2.03. The van der Waals surface area contributed by atoms with Gasteiger partial charge >= 0.3 is 0 Å². The molecular weight excluding hydrogens is 178 g/mol. The van der Waals surface area contributed by atoms with Gasteiger partial charge in [-0.3, -0.25) is 4.68 Å². The Balaban J connectivity index is 2.34. The van der Waals surface area contributed by atoms with Crippen molar-refractivity contribution in [2.75, 3.05) is 13.2 Å². The zero-order valence-corrected chi connectivity index (χ0v) is 9.12. The van der Waals surface area contributed by atoms with E-state index in [1.54, 1.807) is 0 Å². The Morgan fingerprint density at radius 1 is 1.64 bits per heavy atom. The summed E-state index contributed by atoms with van der Waals surface area (Å²) in [4.78, 5) is 0. The number of aryl methyl sites for hydroxylation is 2. The largest absolute Gasteiger partial charge is 0.396 e. The molecule has 14 heavy (non-hydrogen) atoms. The Hall–Kier alpha value is -0.870. The van der Waals surface area contributed by atoms with Gasteiger partial charge in [0.1, 0.15) is 0 Å². The van der Waals surface area contributed by atoms with Gasteiger partial charge in [0.25, 0.3) is 0 Å². The van der Waals surface area contributed by atoms with Crippen molar-refractivity contribution in [3.63, 3.8) is 0 Å². The second-order valence-corrected chi connectivity index (χ2v) is 3.83. The van der Waals surface area contributed by atoms with Crippen LogP contribution in [0.4, 0.5) is 0 Å². The molecule has 2 N–H and O–H groups in total. The Morgan fingerprint density at radius 2 is 2.36 bits per heavy atom. The Morgan fingerprint density at radius 3 is 2.86 bits per heavy atom. The summed E-state index contributed by atoms with van der Waals surface area (Å²) in [7, 11) is 1.92. The third-order valence-electron chi connectivity index (χ3n) is 2.24. The van der Waals surface area contributed by atoms with Gasteiger partial charge in [-0.1, -0.05) is 6.92 Å². The van der Waals surface area contributed by atoms with E-state index in [0.29, 0.717) is 5.92 Å². The molecule has 0 bridgehead atoms. The Labute approximate surface area is 84.9 Å². The molecule has 0 aromatic carbocycles. The van der Waals surface area contributed by atoms with Crippen LogP contribution >= 0.6 is 0 Å². The monoisotopic (exact) mass is 197 g/mol. The van der Waals surface area contributed by atoms with E-state index < -0.39 is 0 Å². The predicted octanol–water partition coefficient (Wildman–Crippen LogP) is 0.447. The molecule has 0 aliphatic heterocycles. The molecule has 0 radical (unpaired) electrons. The smallest absolute Gasteiger partial charge is 0.0638 e. The fourth-order valence-electron chi connectivity index (χ4n) is 1.34. The highest BCUT2D eigenvalue weighted by molar-refractivity contribution is 5.14. The number of nitrogens with zero attached hydrogens (tertiary/aromatic N) is 2. The second-order valence-electron chi connectivity index (χ2n) is 3.83. The van der Waals surface area contributed by atoms with Gasteiger partial charge in [0.05, 0.1) is 5.69 Å².